The summed E-state index contributed by atoms with van der Waals surface area (Å²) < 4.78 is 16.4. The van der Waals surface area contributed by atoms with Crippen molar-refractivity contribution < 1.29 is 19.1 Å². The Labute approximate surface area is 123 Å². The molecule has 21 heavy (non-hydrogen) atoms. The highest BCUT2D eigenvalue weighted by atomic mass is 16.6. The number of non-ortho nitro benzene ring substituents is 1. The first-order chi connectivity index (χ1) is 10.0. The van der Waals surface area contributed by atoms with Gasteiger partial charge in [-0.3, -0.25) is 10.1 Å². The van der Waals surface area contributed by atoms with Crippen molar-refractivity contribution in [2.45, 2.75) is 31.6 Å². The van der Waals surface area contributed by atoms with E-state index in [1.807, 2.05) is 0 Å². The molecule has 0 aliphatic heterocycles. The monoisotopic (exact) mass is 296 g/mol. The molecule has 3 atom stereocenters. The van der Waals surface area contributed by atoms with E-state index in [-0.39, 0.29) is 23.9 Å². The highest BCUT2D eigenvalue weighted by Crippen LogP contribution is 2.31. The van der Waals surface area contributed by atoms with E-state index in [0.717, 1.165) is 5.56 Å². The average Bonchev–Trinajstić information content (AvgIpc) is 2.44. The van der Waals surface area contributed by atoms with Crippen LogP contribution in [0.2, 0.25) is 0 Å². The summed E-state index contributed by atoms with van der Waals surface area (Å²) in [6.07, 6.45) is 0.403. The van der Waals surface area contributed by atoms with Gasteiger partial charge in [-0.1, -0.05) is 0 Å². The summed E-state index contributed by atoms with van der Waals surface area (Å²) in [7, 11) is 1.61. The maximum Gasteiger partial charge on any atom is 0.269 e. The number of nitrogens with zero attached hydrogens (tertiary/aromatic N) is 1. The fourth-order valence-corrected chi connectivity index (χ4v) is 2.27. The van der Waals surface area contributed by atoms with Gasteiger partial charge in [0.2, 0.25) is 0 Å². The summed E-state index contributed by atoms with van der Waals surface area (Å²) >= 11 is 0. The Morgan fingerprint density at radius 1 is 1.43 bits per heavy atom. The smallest absolute Gasteiger partial charge is 0.269 e. The third kappa shape index (κ3) is 3.69. The maximum atomic E-state index is 10.7. The minimum Gasteiger partial charge on any atom is -0.487 e. The molecule has 0 spiro atoms. The minimum atomic E-state index is -0.424. The summed E-state index contributed by atoms with van der Waals surface area (Å²) in [4.78, 5) is 10.3. The third-order valence-electron chi connectivity index (χ3n) is 3.54. The van der Waals surface area contributed by atoms with Gasteiger partial charge in [0.15, 0.2) is 0 Å². The summed E-state index contributed by atoms with van der Waals surface area (Å²) in [5, 5.41) is 10.7. The Bertz CT molecular complexity index is 508. The summed E-state index contributed by atoms with van der Waals surface area (Å²) in [5.74, 6) is 0.623. The van der Waals surface area contributed by atoms with E-state index in [0.29, 0.717) is 25.4 Å². The van der Waals surface area contributed by atoms with Gasteiger partial charge in [0, 0.05) is 31.7 Å². The van der Waals surface area contributed by atoms with Crippen molar-refractivity contribution in [1.29, 1.82) is 0 Å². The molecule has 0 radical (unpaired) electrons. The Kier molecular flexibility index (Phi) is 5.11. The molecule has 3 unspecified atom stereocenters. The lowest BCUT2D eigenvalue weighted by Gasteiger charge is -2.42. The van der Waals surface area contributed by atoms with Gasteiger partial charge in [0.1, 0.15) is 18.0 Å². The van der Waals surface area contributed by atoms with Crippen LogP contribution in [0, 0.1) is 17.0 Å². The zero-order chi connectivity index (χ0) is 15.4. The lowest BCUT2D eigenvalue weighted by Crippen LogP contribution is -2.59. The van der Waals surface area contributed by atoms with Gasteiger partial charge in [-0.25, -0.2) is 0 Å². The van der Waals surface area contributed by atoms with Crippen molar-refractivity contribution in [3.63, 3.8) is 0 Å². The first-order valence-electron chi connectivity index (χ1n) is 6.80. The molecule has 7 heteroatoms. The SMILES string of the molecule is COCCOC1C(N)CC1Oc1ccc([N+](=O)[O-])cc1C. The van der Waals surface area contributed by atoms with E-state index in [9.17, 15) is 10.1 Å². The van der Waals surface area contributed by atoms with Crippen molar-refractivity contribution >= 4 is 5.69 Å². The molecular weight excluding hydrogens is 276 g/mol. The molecule has 1 aliphatic carbocycles. The molecule has 1 aromatic rings. The van der Waals surface area contributed by atoms with Crippen molar-refractivity contribution in [2.75, 3.05) is 20.3 Å². The molecule has 2 N–H and O–H groups in total. The van der Waals surface area contributed by atoms with Crippen LogP contribution in [0.4, 0.5) is 5.69 Å². The normalized spacial score (nSPS) is 24.4. The first-order valence-corrected chi connectivity index (χ1v) is 6.80. The van der Waals surface area contributed by atoms with Gasteiger partial charge < -0.3 is 19.9 Å². The fraction of sp³-hybridized carbons (Fsp3) is 0.571. The topological polar surface area (TPSA) is 96.9 Å². The second-order valence-corrected chi connectivity index (χ2v) is 5.09. The van der Waals surface area contributed by atoms with Crippen LogP contribution in [0.5, 0.6) is 5.75 Å². The number of rotatable bonds is 7. The van der Waals surface area contributed by atoms with Crippen molar-refractivity contribution in [2.24, 2.45) is 5.73 Å². The van der Waals surface area contributed by atoms with E-state index in [2.05, 4.69) is 0 Å². The second kappa shape index (κ2) is 6.84. The molecule has 1 aliphatic rings. The zero-order valence-corrected chi connectivity index (χ0v) is 12.2. The summed E-state index contributed by atoms with van der Waals surface area (Å²) in [6.45, 7) is 2.75. The van der Waals surface area contributed by atoms with E-state index in [1.165, 1.54) is 12.1 Å². The summed E-state index contributed by atoms with van der Waals surface area (Å²) in [5.41, 5.74) is 6.69. The van der Waals surface area contributed by atoms with Crippen molar-refractivity contribution in [3.8, 4) is 5.75 Å². The molecule has 0 bridgehead atoms. The van der Waals surface area contributed by atoms with Crippen LogP contribution in [0.15, 0.2) is 18.2 Å². The number of methoxy groups -OCH3 is 1. The minimum absolute atomic E-state index is 0.0507. The first kappa shape index (κ1) is 15.7. The van der Waals surface area contributed by atoms with Crippen LogP contribution in [0.1, 0.15) is 12.0 Å². The number of hydrogen-bond donors (Lipinski definition) is 1. The quantitative estimate of drug-likeness (QED) is 0.464. The molecule has 116 valence electrons. The fourth-order valence-electron chi connectivity index (χ4n) is 2.27. The van der Waals surface area contributed by atoms with E-state index in [1.54, 1.807) is 20.1 Å². The van der Waals surface area contributed by atoms with E-state index < -0.39 is 4.92 Å². The van der Waals surface area contributed by atoms with Crippen LogP contribution in [0.3, 0.4) is 0 Å². The van der Waals surface area contributed by atoms with Crippen molar-refractivity contribution in [1.82, 2.24) is 0 Å². The lowest BCUT2D eigenvalue weighted by atomic mass is 9.86. The van der Waals surface area contributed by atoms with Gasteiger partial charge in [-0.15, -0.1) is 0 Å². The zero-order valence-electron chi connectivity index (χ0n) is 12.2. The Balaban J connectivity index is 1.96. The summed E-state index contributed by atoms with van der Waals surface area (Å²) in [6, 6.07) is 4.49. The lowest BCUT2D eigenvalue weighted by molar-refractivity contribution is -0.384. The van der Waals surface area contributed by atoms with Crippen LogP contribution in [-0.4, -0.2) is 43.5 Å². The number of nitrogens with two attached hydrogens (primary N) is 1. The molecule has 0 heterocycles. The Morgan fingerprint density at radius 2 is 2.19 bits per heavy atom. The highest BCUT2D eigenvalue weighted by Gasteiger charge is 2.41. The maximum absolute atomic E-state index is 10.7. The number of benzene rings is 1. The molecule has 0 aromatic heterocycles. The van der Waals surface area contributed by atoms with Gasteiger partial charge in [0.25, 0.3) is 5.69 Å². The number of nitro groups is 1. The molecular formula is C14H20N2O5. The molecule has 0 amide bonds. The van der Waals surface area contributed by atoms with Crippen molar-refractivity contribution in [3.05, 3.63) is 33.9 Å². The standard InChI is InChI=1S/C14H20N2O5/c1-9-7-10(16(17)18)3-4-12(9)21-13-8-11(15)14(13)20-6-5-19-2/h3-4,7,11,13-14H,5-6,8,15H2,1-2H3. The predicted octanol–water partition coefficient (Wildman–Crippen LogP) is 1.41. The van der Waals surface area contributed by atoms with E-state index >= 15 is 0 Å². The number of hydrogen-bond acceptors (Lipinski definition) is 6. The largest absolute Gasteiger partial charge is 0.487 e. The third-order valence-corrected chi connectivity index (χ3v) is 3.54. The molecule has 1 saturated carbocycles. The molecule has 7 nitrogen and oxygen atoms in total. The van der Waals surface area contributed by atoms with Gasteiger partial charge in [0.05, 0.1) is 18.1 Å². The van der Waals surface area contributed by atoms with Crippen LogP contribution >= 0.6 is 0 Å². The Hall–Kier alpha value is -1.70. The molecule has 0 saturated heterocycles. The average molecular weight is 296 g/mol. The number of nitro benzene ring substituents is 1. The molecule has 2 rings (SSSR count). The number of ether oxygens (including phenoxy) is 3. The van der Waals surface area contributed by atoms with Gasteiger partial charge >= 0.3 is 0 Å². The second-order valence-electron chi connectivity index (χ2n) is 5.09. The molecule has 1 fully saturated rings. The van der Waals surface area contributed by atoms with Crippen LogP contribution in [0.25, 0.3) is 0 Å². The highest BCUT2D eigenvalue weighted by molar-refractivity contribution is 5.43. The number of aryl methyl sites for hydroxylation is 1. The van der Waals surface area contributed by atoms with E-state index in [4.69, 9.17) is 19.9 Å². The van der Waals surface area contributed by atoms with Crippen LogP contribution in [-0.2, 0) is 9.47 Å². The Morgan fingerprint density at radius 3 is 2.76 bits per heavy atom. The predicted molar refractivity (Wildman–Crippen MR) is 76.5 cm³/mol. The van der Waals surface area contributed by atoms with Gasteiger partial charge in [-0.05, 0) is 18.6 Å². The van der Waals surface area contributed by atoms with Crippen LogP contribution < -0.4 is 10.5 Å². The van der Waals surface area contributed by atoms with Gasteiger partial charge in [-0.2, -0.15) is 0 Å². The molecule has 1 aromatic carbocycles.